The molecule has 3 rings (SSSR count). The molecule has 1 amide bonds. The second-order valence-electron chi connectivity index (χ2n) is 5.57. The highest BCUT2D eigenvalue weighted by atomic mass is 16.2. The van der Waals surface area contributed by atoms with Crippen molar-refractivity contribution in [2.24, 2.45) is 24.8 Å². The fourth-order valence-corrected chi connectivity index (χ4v) is 3.07. The molecule has 0 N–H and O–H groups in total. The van der Waals surface area contributed by atoms with Crippen molar-refractivity contribution in [3.05, 3.63) is 18.2 Å². The van der Waals surface area contributed by atoms with E-state index < -0.39 is 0 Å². The van der Waals surface area contributed by atoms with Crippen LogP contribution in [0, 0.1) is 17.8 Å². The van der Waals surface area contributed by atoms with Crippen LogP contribution in [-0.4, -0.2) is 27.4 Å². The molecule has 17 heavy (non-hydrogen) atoms. The third-order valence-electron chi connectivity index (χ3n) is 4.27. The van der Waals surface area contributed by atoms with Crippen molar-refractivity contribution in [1.29, 1.82) is 0 Å². The Bertz CT molecular complexity index is 430. The number of hydrogen-bond acceptors (Lipinski definition) is 2. The third kappa shape index (κ3) is 1.96. The standard InChI is InChI=1S/C13H19N3O/c1-15-4-3-14-12(15)8-16(2)13(17)11-6-9-5-10(9)7-11/h3-4,9-11H,5-8H2,1-2H3. The number of carbonyl (C=O) groups excluding carboxylic acids is 1. The first kappa shape index (κ1) is 10.8. The molecule has 2 aliphatic rings. The summed E-state index contributed by atoms with van der Waals surface area (Å²) in [5.41, 5.74) is 0. The molecular weight excluding hydrogens is 214 g/mol. The lowest BCUT2D eigenvalue weighted by Gasteiger charge is -2.21. The van der Waals surface area contributed by atoms with Crippen LogP contribution < -0.4 is 0 Å². The summed E-state index contributed by atoms with van der Waals surface area (Å²) in [5.74, 6) is 3.27. The number of aromatic nitrogens is 2. The number of carbonyl (C=O) groups is 1. The summed E-state index contributed by atoms with van der Waals surface area (Å²) in [7, 11) is 3.85. The fraction of sp³-hybridized carbons (Fsp3) is 0.692. The van der Waals surface area contributed by atoms with E-state index in [1.165, 1.54) is 6.42 Å². The van der Waals surface area contributed by atoms with Gasteiger partial charge in [0.15, 0.2) is 0 Å². The first-order chi connectivity index (χ1) is 8.15. The van der Waals surface area contributed by atoms with Crippen LogP contribution in [-0.2, 0) is 18.4 Å². The van der Waals surface area contributed by atoms with Crippen molar-refractivity contribution >= 4 is 5.91 Å². The number of imidazole rings is 1. The van der Waals surface area contributed by atoms with E-state index in [2.05, 4.69) is 4.98 Å². The molecule has 0 bridgehead atoms. The Kier molecular flexibility index (Phi) is 2.45. The lowest BCUT2D eigenvalue weighted by atomic mass is 10.0. The Morgan fingerprint density at radius 2 is 2.18 bits per heavy atom. The zero-order valence-electron chi connectivity index (χ0n) is 10.5. The zero-order valence-corrected chi connectivity index (χ0v) is 10.5. The Morgan fingerprint density at radius 1 is 1.47 bits per heavy atom. The number of hydrogen-bond donors (Lipinski definition) is 0. The average molecular weight is 233 g/mol. The molecule has 4 heteroatoms. The Balaban J connectivity index is 1.60. The number of fused-ring (bicyclic) bond motifs is 1. The Hall–Kier alpha value is -1.32. The van der Waals surface area contributed by atoms with Gasteiger partial charge in [-0.05, 0) is 31.1 Å². The van der Waals surface area contributed by atoms with Gasteiger partial charge in [-0.15, -0.1) is 0 Å². The van der Waals surface area contributed by atoms with Gasteiger partial charge in [-0.2, -0.15) is 0 Å². The van der Waals surface area contributed by atoms with Crippen LogP contribution in [0.4, 0.5) is 0 Å². The molecule has 2 fully saturated rings. The predicted molar refractivity (Wildman–Crippen MR) is 64.0 cm³/mol. The highest BCUT2D eigenvalue weighted by Crippen LogP contribution is 2.54. The van der Waals surface area contributed by atoms with E-state index in [1.807, 2.05) is 29.8 Å². The summed E-state index contributed by atoms with van der Waals surface area (Å²) < 4.78 is 1.97. The van der Waals surface area contributed by atoms with E-state index in [0.717, 1.165) is 30.5 Å². The number of rotatable bonds is 3. The second kappa shape index (κ2) is 3.86. The minimum absolute atomic E-state index is 0.281. The number of nitrogens with zero attached hydrogens (tertiary/aromatic N) is 3. The largest absolute Gasteiger partial charge is 0.338 e. The van der Waals surface area contributed by atoms with Crippen molar-refractivity contribution in [3.8, 4) is 0 Å². The minimum atomic E-state index is 0.281. The molecule has 0 aromatic carbocycles. The quantitative estimate of drug-likeness (QED) is 0.792. The van der Waals surface area contributed by atoms with Crippen LogP contribution in [0.15, 0.2) is 12.4 Å². The number of amides is 1. The van der Waals surface area contributed by atoms with Gasteiger partial charge < -0.3 is 9.47 Å². The summed E-state index contributed by atoms with van der Waals surface area (Å²) in [6, 6.07) is 0. The Morgan fingerprint density at radius 3 is 2.76 bits per heavy atom. The molecule has 0 radical (unpaired) electrons. The highest BCUT2D eigenvalue weighted by molar-refractivity contribution is 5.79. The van der Waals surface area contributed by atoms with E-state index in [9.17, 15) is 4.79 Å². The van der Waals surface area contributed by atoms with Gasteiger partial charge in [0, 0.05) is 32.4 Å². The van der Waals surface area contributed by atoms with Crippen molar-refractivity contribution in [2.75, 3.05) is 7.05 Å². The van der Waals surface area contributed by atoms with Crippen LogP contribution in [0.25, 0.3) is 0 Å². The van der Waals surface area contributed by atoms with Gasteiger partial charge in [0.2, 0.25) is 5.91 Å². The van der Waals surface area contributed by atoms with Crippen LogP contribution in [0.2, 0.25) is 0 Å². The molecule has 92 valence electrons. The van der Waals surface area contributed by atoms with Gasteiger partial charge in [-0.1, -0.05) is 0 Å². The van der Waals surface area contributed by atoms with Gasteiger partial charge >= 0.3 is 0 Å². The van der Waals surface area contributed by atoms with E-state index in [0.29, 0.717) is 12.5 Å². The molecule has 0 saturated heterocycles. The lowest BCUT2D eigenvalue weighted by Crippen LogP contribution is -2.32. The average Bonchev–Trinajstić information content (AvgIpc) is 2.72. The molecule has 1 aromatic rings. The summed E-state index contributed by atoms with van der Waals surface area (Å²) >= 11 is 0. The van der Waals surface area contributed by atoms with Gasteiger partial charge in [0.25, 0.3) is 0 Å². The summed E-state index contributed by atoms with van der Waals surface area (Å²) in [4.78, 5) is 18.3. The van der Waals surface area contributed by atoms with Crippen molar-refractivity contribution < 1.29 is 4.79 Å². The van der Waals surface area contributed by atoms with Crippen LogP contribution in [0.5, 0.6) is 0 Å². The minimum Gasteiger partial charge on any atom is -0.338 e. The summed E-state index contributed by atoms with van der Waals surface area (Å²) in [5, 5.41) is 0. The normalized spacial score (nSPS) is 30.1. The van der Waals surface area contributed by atoms with E-state index in [-0.39, 0.29) is 5.92 Å². The predicted octanol–water partition coefficient (Wildman–Crippen LogP) is 1.42. The first-order valence-corrected chi connectivity index (χ1v) is 6.36. The van der Waals surface area contributed by atoms with Gasteiger partial charge in [-0.25, -0.2) is 4.98 Å². The van der Waals surface area contributed by atoms with Crippen LogP contribution >= 0.6 is 0 Å². The topological polar surface area (TPSA) is 38.1 Å². The maximum atomic E-state index is 12.2. The molecule has 2 aliphatic carbocycles. The first-order valence-electron chi connectivity index (χ1n) is 6.36. The monoisotopic (exact) mass is 233 g/mol. The molecule has 2 saturated carbocycles. The van der Waals surface area contributed by atoms with Crippen molar-refractivity contribution in [2.45, 2.75) is 25.8 Å². The van der Waals surface area contributed by atoms with E-state index >= 15 is 0 Å². The molecule has 2 atom stereocenters. The van der Waals surface area contributed by atoms with Crippen molar-refractivity contribution in [3.63, 3.8) is 0 Å². The van der Waals surface area contributed by atoms with Crippen molar-refractivity contribution in [1.82, 2.24) is 14.5 Å². The summed E-state index contributed by atoms with van der Waals surface area (Å²) in [6.45, 7) is 0.619. The summed E-state index contributed by atoms with van der Waals surface area (Å²) in [6.07, 6.45) is 7.30. The van der Waals surface area contributed by atoms with E-state index in [4.69, 9.17) is 0 Å². The maximum Gasteiger partial charge on any atom is 0.225 e. The Labute approximate surface area is 102 Å². The highest BCUT2D eigenvalue weighted by Gasteiger charge is 2.48. The molecule has 0 spiro atoms. The second-order valence-corrected chi connectivity index (χ2v) is 5.57. The van der Waals surface area contributed by atoms with Gasteiger partial charge in [-0.3, -0.25) is 4.79 Å². The maximum absolute atomic E-state index is 12.2. The van der Waals surface area contributed by atoms with E-state index in [1.54, 1.807) is 6.20 Å². The molecule has 4 nitrogen and oxygen atoms in total. The molecule has 1 aromatic heterocycles. The molecule has 0 aliphatic heterocycles. The molecular formula is C13H19N3O. The van der Waals surface area contributed by atoms with Crippen LogP contribution in [0.3, 0.4) is 0 Å². The zero-order chi connectivity index (χ0) is 12.0. The fourth-order valence-electron chi connectivity index (χ4n) is 3.07. The van der Waals surface area contributed by atoms with Crippen LogP contribution in [0.1, 0.15) is 25.1 Å². The SMILES string of the molecule is CN(Cc1nccn1C)C(=O)C1CC2CC2C1. The smallest absolute Gasteiger partial charge is 0.225 e. The van der Waals surface area contributed by atoms with Gasteiger partial charge in [0.05, 0.1) is 6.54 Å². The lowest BCUT2D eigenvalue weighted by molar-refractivity contribution is -0.135. The molecule has 1 heterocycles. The number of aryl methyl sites for hydroxylation is 1. The third-order valence-corrected chi connectivity index (χ3v) is 4.27. The van der Waals surface area contributed by atoms with Gasteiger partial charge in [0.1, 0.15) is 5.82 Å². The molecule has 2 unspecified atom stereocenters.